The fourth-order valence-electron chi connectivity index (χ4n) is 4.12. The summed E-state index contributed by atoms with van der Waals surface area (Å²) in [4.78, 5) is 4.63. The molecular weight excluding hydrogens is 286 g/mol. The molecule has 122 valence electrons. The molecule has 2 aliphatic rings. The number of likely N-dealkylation sites (N-methyl/N-ethyl adjacent to an activating group) is 1. The molecule has 2 heterocycles. The van der Waals surface area contributed by atoms with Crippen LogP contribution in [-0.4, -0.2) is 54.2 Å². The van der Waals surface area contributed by atoms with Gasteiger partial charge in [-0.15, -0.1) is 0 Å². The van der Waals surface area contributed by atoms with Crippen LogP contribution in [0, 0.1) is 17.0 Å². The highest BCUT2D eigenvalue weighted by atomic mass is 19.2. The van der Waals surface area contributed by atoms with Crippen LogP contribution in [0.1, 0.15) is 24.8 Å². The van der Waals surface area contributed by atoms with E-state index in [4.69, 9.17) is 0 Å². The van der Waals surface area contributed by atoms with Gasteiger partial charge in [-0.05, 0) is 57.1 Å². The average molecular weight is 310 g/mol. The molecule has 0 radical (unpaired) electrons. The first-order chi connectivity index (χ1) is 10.5. The Balaban J connectivity index is 1.71. The predicted octanol–water partition coefficient (Wildman–Crippen LogP) is 2.24. The van der Waals surface area contributed by atoms with Crippen LogP contribution in [0.5, 0.6) is 0 Å². The molecule has 0 unspecified atom stereocenters. The molecule has 0 aromatic heterocycles. The van der Waals surface area contributed by atoms with Crippen LogP contribution in [0.4, 0.5) is 8.78 Å². The number of halogens is 2. The van der Waals surface area contributed by atoms with Gasteiger partial charge in [0.2, 0.25) is 0 Å². The number of nitrogens with zero attached hydrogens (tertiary/aromatic N) is 2. The molecule has 0 bridgehead atoms. The van der Waals surface area contributed by atoms with Crippen molar-refractivity contribution in [1.29, 1.82) is 0 Å². The molecule has 1 aromatic rings. The van der Waals surface area contributed by atoms with Gasteiger partial charge in [-0.25, -0.2) is 8.78 Å². The van der Waals surface area contributed by atoms with E-state index >= 15 is 0 Å². The maximum atomic E-state index is 13.3. The van der Waals surface area contributed by atoms with Gasteiger partial charge in [-0.1, -0.05) is 6.07 Å². The molecule has 0 amide bonds. The van der Waals surface area contributed by atoms with Gasteiger partial charge in [0.15, 0.2) is 11.6 Å². The number of aliphatic hydroxyl groups excluding tert-OH is 1. The summed E-state index contributed by atoms with van der Waals surface area (Å²) in [6.07, 6.45) is 3.18. The molecule has 2 aliphatic heterocycles. The maximum absolute atomic E-state index is 13.3. The maximum Gasteiger partial charge on any atom is 0.159 e. The van der Waals surface area contributed by atoms with Crippen LogP contribution in [0.2, 0.25) is 0 Å². The predicted molar refractivity (Wildman–Crippen MR) is 81.4 cm³/mol. The van der Waals surface area contributed by atoms with E-state index in [9.17, 15) is 13.9 Å². The van der Waals surface area contributed by atoms with Crippen LogP contribution in [-0.2, 0) is 6.54 Å². The first-order valence-corrected chi connectivity index (χ1v) is 8.01. The summed E-state index contributed by atoms with van der Waals surface area (Å²) in [5, 5.41) is 9.90. The van der Waals surface area contributed by atoms with Gasteiger partial charge < -0.3 is 10.0 Å². The van der Waals surface area contributed by atoms with Crippen molar-refractivity contribution in [3.63, 3.8) is 0 Å². The van der Waals surface area contributed by atoms with E-state index in [0.29, 0.717) is 12.6 Å². The van der Waals surface area contributed by atoms with Gasteiger partial charge >= 0.3 is 0 Å². The van der Waals surface area contributed by atoms with E-state index in [2.05, 4.69) is 16.8 Å². The minimum atomic E-state index is -0.797. The van der Waals surface area contributed by atoms with Gasteiger partial charge in [0.25, 0.3) is 0 Å². The monoisotopic (exact) mass is 310 g/mol. The van der Waals surface area contributed by atoms with E-state index < -0.39 is 11.6 Å². The van der Waals surface area contributed by atoms with Crippen molar-refractivity contribution in [3.05, 3.63) is 35.4 Å². The second-order valence-electron chi connectivity index (χ2n) is 6.85. The van der Waals surface area contributed by atoms with E-state index in [-0.39, 0.29) is 12.0 Å². The number of piperidine rings is 2. The zero-order valence-electron chi connectivity index (χ0n) is 13.1. The molecule has 3 rings (SSSR count). The highest BCUT2D eigenvalue weighted by Crippen LogP contribution is 2.41. The normalized spacial score (nSPS) is 30.3. The van der Waals surface area contributed by atoms with Crippen molar-refractivity contribution < 1.29 is 13.9 Å². The largest absolute Gasteiger partial charge is 0.396 e. The number of likely N-dealkylation sites (tertiary alicyclic amines) is 2. The Morgan fingerprint density at radius 3 is 2.77 bits per heavy atom. The molecule has 1 aromatic carbocycles. The summed E-state index contributed by atoms with van der Waals surface area (Å²) < 4.78 is 26.4. The number of hydrogen-bond acceptors (Lipinski definition) is 3. The fourth-order valence-corrected chi connectivity index (χ4v) is 4.12. The van der Waals surface area contributed by atoms with Crippen molar-refractivity contribution in [2.24, 2.45) is 5.41 Å². The Hall–Kier alpha value is -1.04. The Morgan fingerprint density at radius 2 is 2.05 bits per heavy atom. The zero-order chi connectivity index (χ0) is 15.7. The Morgan fingerprint density at radius 1 is 1.23 bits per heavy atom. The molecule has 0 aliphatic carbocycles. The third-order valence-electron chi connectivity index (χ3n) is 5.49. The van der Waals surface area contributed by atoms with Crippen molar-refractivity contribution in [3.8, 4) is 0 Å². The van der Waals surface area contributed by atoms with Crippen LogP contribution >= 0.6 is 0 Å². The SMILES string of the molecule is CN1CCC[C@]2(CO)CCN(Cc3ccc(F)c(F)c3)C[C@@H]12. The quantitative estimate of drug-likeness (QED) is 0.927. The molecule has 2 atom stereocenters. The lowest BCUT2D eigenvalue weighted by Gasteiger charge is -2.53. The minimum Gasteiger partial charge on any atom is -0.396 e. The lowest BCUT2D eigenvalue weighted by Crippen LogP contribution is -2.61. The smallest absolute Gasteiger partial charge is 0.159 e. The number of fused-ring (bicyclic) bond motifs is 1. The fraction of sp³-hybridized carbons (Fsp3) is 0.647. The van der Waals surface area contributed by atoms with E-state index in [1.54, 1.807) is 6.07 Å². The number of hydrogen-bond donors (Lipinski definition) is 1. The van der Waals surface area contributed by atoms with Crippen molar-refractivity contribution in [2.75, 3.05) is 33.3 Å². The highest BCUT2D eigenvalue weighted by Gasteiger charge is 2.46. The highest BCUT2D eigenvalue weighted by molar-refractivity contribution is 5.18. The van der Waals surface area contributed by atoms with E-state index in [1.165, 1.54) is 12.1 Å². The average Bonchev–Trinajstić information content (AvgIpc) is 2.52. The van der Waals surface area contributed by atoms with E-state index in [1.807, 2.05) is 0 Å². The van der Waals surface area contributed by atoms with Crippen molar-refractivity contribution >= 4 is 0 Å². The van der Waals surface area contributed by atoms with Gasteiger partial charge in [-0.2, -0.15) is 0 Å². The van der Waals surface area contributed by atoms with Gasteiger partial charge in [0.05, 0.1) is 6.61 Å². The summed E-state index contributed by atoms with van der Waals surface area (Å²) in [5.74, 6) is -1.58. The molecule has 0 spiro atoms. The summed E-state index contributed by atoms with van der Waals surface area (Å²) >= 11 is 0. The molecule has 0 saturated carbocycles. The molecule has 5 heteroatoms. The lowest BCUT2D eigenvalue weighted by atomic mass is 9.69. The van der Waals surface area contributed by atoms with Gasteiger partial charge in [0.1, 0.15) is 0 Å². The first-order valence-electron chi connectivity index (χ1n) is 8.01. The standard InChI is InChI=1S/C17H24F2N2O/c1-20-7-2-5-17(12-22)6-8-21(11-16(17)20)10-13-3-4-14(18)15(19)9-13/h3-4,9,16,22H,2,5-8,10-12H2,1H3/t16-,17-/m1/s1. The Labute approximate surface area is 130 Å². The van der Waals surface area contributed by atoms with Crippen LogP contribution in [0.25, 0.3) is 0 Å². The van der Waals surface area contributed by atoms with Crippen molar-refractivity contribution in [2.45, 2.75) is 31.8 Å². The van der Waals surface area contributed by atoms with Crippen LogP contribution < -0.4 is 0 Å². The molecule has 2 fully saturated rings. The summed E-state index contributed by atoms with van der Waals surface area (Å²) in [6.45, 7) is 3.69. The summed E-state index contributed by atoms with van der Waals surface area (Å²) in [6, 6.07) is 4.47. The molecular formula is C17H24F2N2O. The zero-order valence-corrected chi connectivity index (χ0v) is 13.1. The van der Waals surface area contributed by atoms with Crippen LogP contribution in [0.15, 0.2) is 18.2 Å². The third kappa shape index (κ3) is 2.90. The van der Waals surface area contributed by atoms with Gasteiger partial charge in [-0.3, -0.25) is 4.90 Å². The van der Waals surface area contributed by atoms with Crippen molar-refractivity contribution in [1.82, 2.24) is 9.80 Å². The molecule has 2 saturated heterocycles. The molecule has 22 heavy (non-hydrogen) atoms. The minimum absolute atomic E-state index is 0.0115. The topological polar surface area (TPSA) is 26.7 Å². The molecule has 1 N–H and O–H groups in total. The number of rotatable bonds is 3. The Bertz CT molecular complexity index is 539. The molecule has 3 nitrogen and oxygen atoms in total. The second kappa shape index (κ2) is 6.22. The second-order valence-corrected chi connectivity index (χ2v) is 6.85. The first kappa shape index (κ1) is 15.8. The number of aliphatic hydroxyl groups is 1. The summed E-state index contributed by atoms with van der Waals surface area (Å²) in [5.41, 5.74) is 0.811. The number of benzene rings is 1. The third-order valence-corrected chi connectivity index (χ3v) is 5.49. The van der Waals surface area contributed by atoms with Crippen LogP contribution in [0.3, 0.4) is 0 Å². The summed E-state index contributed by atoms with van der Waals surface area (Å²) in [7, 11) is 2.12. The lowest BCUT2D eigenvalue weighted by molar-refractivity contribution is -0.0684. The van der Waals surface area contributed by atoms with E-state index in [0.717, 1.165) is 44.5 Å². The van der Waals surface area contributed by atoms with Gasteiger partial charge in [0, 0.05) is 24.5 Å². The Kier molecular flexibility index (Phi) is 4.48.